The molecule has 2 rings (SSSR count). The van der Waals surface area contributed by atoms with E-state index >= 15 is 0 Å². The molecule has 0 heterocycles. The van der Waals surface area contributed by atoms with E-state index in [1.165, 1.54) is 12.3 Å². The number of hydrogen-bond donors (Lipinski definition) is 2. The summed E-state index contributed by atoms with van der Waals surface area (Å²) in [4.78, 5) is 31.4. The molecule has 0 aliphatic carbocycles. The van der Waals surface area contributed by atoms with Crippen molar-refractivity contribution in [2.75, 3.05) is 34.4 Å². The first-order valence-electron chi connectivity index (χ1n) is 11.3. The van der Waals surface area contributed by atoms with Crippen molar-refractivity contribution in [3.63, 3.8) is 0 Å². The minimum Gasteiger partial charge on any atom is -0.497 e. The zero-order valence-corrected chi connectivity index (χ0v) is 20.8. The zero-order valence-electron chi connectivity index (χ0n) is 20.8. The van der Waals surface area contributed by atoms with Crippen molar-refractivity contribution in [1.29, 1.82) is 0 Å². The molecule has 2 aromatic rings. The Bertz CT molecular complexity index is 1080. The number of hydrogen-bond acceptors (Lipinski definition) is 6. The molecule has 0 saturated carbocycles. The summed E-state index contributed by atoms with van der Waals surface area (Å²) in [6, 6.07) is 14.9. The van der Waals surface area contributed by atoms with E-state index in [4.69, 9.17) is 9.47 Å². The van der Waals surface area contributed by atoms with Crippen LogP contribution in [-0.2, 0) is 22.7 Å². The summed E-state index contributed by atoms with van der Waals surface area (Å²) >= 11 is 0. The lowest BCUT2D eigenvalue weighted by molar-refractivity contribution is -0.117. The minimum absolute atomic E-state index is 0.0897. The molecule has 2 N–H and O–H groups in total. The van der Waals surface area contributed by atoms with Crippen LogP contribution >= 0.6 is 0 Å². The van der Waals surface area contributed by atoms with Gasteiger partial charge in [0.15, 0.2) is 0 Å². The van der Waals surface area contributed by atoms with Gasteiger partial charge in [0, 0.05) is 31.4 Å². The molecule has 0 atom stereocenters. The Morgan fingerprint density at radius 3 is 2.20 bits per heavy atom. The molecule has 0 bridgehead atoms. The molecule has 2 amide bonds. The van der Waals surface area contributed by atoms with Gasteiger partial charge >= 0.3 is 0 Å². The second-order valence-corrected chi connectivity index (χ2v) is 7.96. The van der Waals surface area contributed by atoms with Crippen LogP contribution in [0.5, 0.6) is 11.5 Å². The second-order valence-electron chi connectivity index (χ2n) is 7.96. The fourth-order valence-corrected chi connectivity index (χ4v) is 2.97. The Labute approximate surface area is 207 Å². The molecule has 8 nitrogen and oxygen atoms in total. The molecule has 0 radical (unpaired) electrons. The molecule has 2 aromatic carbocycles. The number of rotatable bonds is 13. The molecule has 0 spiro atoms. The van der Waals surface area contributed by atoms with E-state index in [2.05, 4.69) is 22.2 Å². The molecule has 8 heteroatoms. The monoisotopic (exact) mass is 478 g/mol. The van der Waals surface area contributed by atoms with Gasteiger partial charge in [0.1, 0.15) is 23.8 Å². The van der Waals surface area contributed by atoms with Crippen molar-refractivity contribution in [1.82, 2.24) is 15.5 Å². The van der Waals surface area contributed by atoms with Gasteiger partial charge in [0.05, 0.1) is 7.11 Å². The number of carbonyl (C=O) groups is 2. The van der Waals surface area contributed by atoms with Gasteiger partial charge in [-0.15, -0.1) is 0 Å². The lowest BCUT2D eigenvalue weighted by Crippen LogP contribution is -2.26. The van der Waals surface area contributed by atoms with Gasteiger partial charge in [0.2, 0.25) is 0 Å². The fourth-order valence-electron chi connectivity index (χ4n) is 2.97. The Kier molecular flexibility index (Phi) is 11.2. The van der Waals surface area contributed by atoms with E-state index < -0.39 is 11.8 Å². The van der Waals surface area contributed by atoms with Gasteiger partial charge in [0.25, 0.3) is 11.8 Å². The van der Waals surface area contributed by atoms with Crippen molar-refractivity contribution in [3.8, 4) is 11.5 Å². The van der Waals surface area contributed by atoms with Crippen LogP contribution in [0, 0.1) is 0 Å². The maximum absolute atomic E-state index is 12.7. The third-order valence-corrected chi connectivity index (χ3v) is 4.85. The quantitative estimate of drug-likeness (QED) is 0.262. The summed E-state index contributed by atoms with van der Waals surface area (Å²) in [6.07, 6.45) is 2.86. The van der Waals surface area contributed by atoms with Crippen LogP contribution in [0.3, 0.4) is 0 Å². The first-order chi connectivity index (χ1) is 16.8. The molecule has 0 saturated heterocycles. The van der Waals surface area contributed by atoms with Gasteiger partial charge in [-0.2, -0.15) is 0 Å². The van der Waals surface area contributed by atoms with Gasteiger partial charge in [-0.1, -0.05) is 30.8 Å². The van der Waals surface area contributed by atoms with Crippen LogP contribution in [0.1, 0.15) is 18.1 Å². The van der Waals surface area contributed by atoms with Crippen LogP contribution in [0.25, 0.3) is 0 Å². The van der Waals surface area contributed by atoms with E-state index in [1.807, 2.05) is 67.5 Å². The summed E-state index contributed by atoms with van der Waals surface area (Å²) < 4.78 is 10.9. The Morgan fingerprint density at radius 2 is 1.60 bits per heavy atom. The van der Waals surface area contributed by atoms with Crippen molar-refractivity contribution in [2.45, 2.75) is 20.0 Å². The first kappa shape index (κ1) is 27.3. The van der Waals surface area contributed by atoms with E-state index in [-0.39, 0.29) is 17.8 Å². The first-order valence-corrected chi connectivity index (χ1v) is 11.3. The standard InChI is InChI=1S/C27H34N4O4/c1-6-28-25(27(33)30-19-21-9-7-11-23(16-21)34-5)15-20(2)26(32)29-18-22-10-8-12-24(17-22)35-14-13-31(3)4/h6-12,15-17H,2,13-14,18-19H2,1,3-5H3,(H,29,32)(H,30,33)/b25-15-,28-6?. The van der Waals surface area contributed by atoms with Crippen molar-refractivity contribution in [2.24, 2.45) is 4.99 Å². The van der Waals surface area contributed by atoms with E-state index in [9.17, 15) is 9.59 Å². The molecule has 0 fully saturated rings. The Hall–Kier alpha value is -3.91. The summed E-state index contributed by atoms with van der Waals surface area (Å²) in [7, 11) is 5.55. The van der Waals surface area contributed by atoms with Crippen molar-refractivity contribution >= 4 is 18.0 Å². The Morgan fingerprint density at radius 1 is 1.00 bits per heavy atom. The second kappa shape index (κ2) is 14.4. The van der Waals surface area contributed by atoms with Crippen LogP contribution < -0.4 is 20.1 Å². The normalized spacial score (nSPS) is 11.4. The lowest BCUT2D eigenvalue weighted by Gasteiger charge is -2.12. The third kappa shape index (κ3) is 9.85. The largest absolute Gasteiger partial charge is 0.497 e. The highest BCUT2D eigenvalue weighted by Gasteiger charge is 2.12. The molecular formula is C27H34N4O4. The zero-order chi connectivity index (χ0) is 25.6. The predicted octanol–water partition coefficient (Wildman–Crippen LogP) is 3.10. The number of benzene rings is 2. The van der Waals surface area contributed by atoms with Crippen LogP contribution in [0.2, 0.25) is 0 Å². The third-order valence-electron chi connectivity index (χ3n) is 4.85. The number of ether oxygens (including phenoxy) is 2. The van der Waals surface area contributed by atoms with E-state index in [0.29, 0.717) is 18.9 Å². The van der Waals surface area contributed by atoms with Crippen LogP contribution in [0.4, 0.5) is 0 Å². The van der Waals surface area contributed by atoms with E-state index in [0.717, 1.165) is 23.4 Å². The molecule has 0 aromatic heterocycles. The van der Waals surface area contributed by atoms with Crippen molar-refractivity contribution < 1.29 is 19.1 Å². The van der Waals surface area contributed by atoms with Gasteiger partial charge in [-0.05, 0) is 62.5 Å². The highest BCUT2D eigenvalue weighted by Crippen LogP contribution is 2.14. The SMILES string of the molecule is C=C(/C=C(\N=CC)C(=O)NCc1cccc(OC)c1)C(=O)NCc1cccc(OCCN(C)C)c1. The molecule has 186 valence electrons. The smallest absolute Gasteiger partial charge is 0.270 e. The highest BCUT2D eigenvalue weighted by molar-refractivity contribution is 6.00. The number of amides is 2. The lowest BCUT2D eigenvalue weighted by atomic mass is 10.2. The van der Waals surface area contributed by atoms with Gasteiger partial charge in [-0.3, -0.25) is 14.6 Å². The summed E-state index contributed by atoms with van der Waals surface area (Å²) in [6.45, 7) is 7.46. The van der Waals surface area contributed by atoms with Gasteiger partial charge in [-0.25, -0.2) is 0 Å². The van der Waals surface area contributed by atoms with Crippen LogP contribution in [-0.4, -0.2) is 57.3 Å². The maximum Gasteiger partial charge on any atom is 0.270 e. The molecule has 0 unspecified atom stereocenters. The molecule has 0 aliphatic heterocycles. The highest BCUT2D eigenvalue weighted by atomic mass is 16.5. The number of likely N-dealkylation sites (N-methyl/N-ethyl adjacent to an activating group) is 1. The van der Waals surface area contributed by atoms with E-state index in [1.54, 1.807) is 14.0 Å². The maximum atomic E-state index is 12.7. The number of carbonyl (C=O) groups excluding carboxylic acids is 2. The fraction of sp³-hybridized carbons (Fsp3) is 0.296. The summed E-state index contributed by atoms with van der Waals surface area (Å²) in [5, 5.41) is 5.61. The Balaban J connectivity index is 1.94. The van der Waals surface area contributed by atoms with Gasteiger partial charge < -0.3 is 25.0 Å². The van der Waals surface area contributed by atoms with Crippen LogP contribution in [0.15, 0.2) is 77.4 Å². The molecular weight excluding hydrogens is 444 g/mol. The number of methoxy groups -OCH3 is 1. The average molecular weight is 479 g/mol. The summed E-state index contributed by atoms with van der Waals surface area (Å²) in [5.41, 5.74) is 1.98. The molecule has 35 heavy (non-hydrogen) atoms. The van der Waals surface area contributed by atoms with Crippen molar-refractivity contribution in [3.05, 3.63) is 83.6 Å². The molecule has 0 aliphatic rings. The minimum atomic E-state index is -0.414. The number of nitrogens with zero attached hydrogens (tertiary/aromatic N) is 2. The number of nitrogens with one attached hydrogen (secondary N) is 2. The average Bonchev–Trinajstić information content (AvgIpc) is 2.85. The predicted molar refractivity (Wildman–Crippen MR) is 139 cm³/mol. The summed E-state index contributed by atoms with van der Waals surface area (Å²) in [5.74, 6) is 0.634. The number of aliphatic imine (C=N–C) groups is 1. The topological polar surface area (TPSA) is 92.3 Å².